The Morgan fingerprint density at radius 2 is 2.21 bits per heavy atom. The Hall–Kier alpha value is -0.690. The molecule has 0 unspecified atom stereocenters. The molecular weight excluding hydrogens is 291 g/mol. The lowest BCUT2D eigenvalue weighted by molar-refractivity contribution is 0.292. The van der Waals surface area contributed by atoms with Crippen LogP contribution in [0.3, 0.4) is 0 Å². The average Bonchev–Trinajstić information content (AvgIpc) is 2.41. The number of piperidine rings is 1. The van der Waals surface area contributed by atoms with Crippen molar-refractivity contribution < 1.29 is 12.8 Å². The van der Waals surface area contributed by atoms with E-state index in [1.807, 2.05) is 0 Å². The van der Waals surface area contributed by atoms with E-state index in [1.165, 1.54) is 22.5 Å². The van der Waals surface area contributed by atoms with E-state index in [9.17, 15) is 12.8 Å². The highest BCUT2D eigenvalue weighted by Gasteiger charge is 2.32. The smallest absolute Gasteiger partial charge is 0.246 e. The molecule has 19 heavy (non-hydrogen) atoms. The first-order valence-corrected chi connectivity index (χ1v) is 7.90. The van der Waals surface area contributed by atoms with E-state index >= 15 is 0 Å². The van der Waals surface area contributed by atoms with Gasteiger partial charge in [-0.25, -0.2) is 12.8 Å². The summed E-state index contributed by atoms with van der Waals surface area (Å²) in [6, 6.07) is 4.13. The maximum absolute atomic E-state index is 13.9. The lowest BCUT2D eigenvalue weighted by atomic mass is 10.1. The zero-order valence-corrected chi connectivity index (χ0v) is 12.1. The summed E-state index contributed by atoms with van der Waals surface area (Å²) in [6.45, 7) is 0.761. The second-order valence-corrected chi connectivity index (χ2v) is 6.86. The van der Waals surface area contributed by atoms with Crippen molar-refractivity contribution in [1.82, 2.24) is 9.62 Å². The number of benzene rings is 1. The number of hydrogen-bond donors (Lipinski definition) is 1. The van der Waals surface area contributed by atoms with Gasteiger partial charge in [-0.15, -0.1) is 0 Å². The maximum atomic E-state index is 13.9. The maximum Gasteiger partial charge on any atom is 0.246 e. The van der Waals surface area contributed by atoms with Gasteiger partial charge in [0.1, 0.15) is 4.90 Å². The number of nitrogens with one attached hydrogen (secondary N) is 1. The number of sulfonamides is 1. The predicted octanol–water partition coefficient (Wildman–Crippen LogP) is 1.85. The molecule has 1 aliphatic rings. The number of nitrogens with zero attached hydrogens (tertiary/aromatic N) is 1. The number of hydrogen-bond acceptors (Lipinski definition) is 3. The zero-order valence-electron chi connectivity index (χ0n) is 10.6. The SMILES string of the molecule is CN[C@H]1CCCN(S(=O)(=O)c2cccc(Cl)c2F)C1. The molecule has 1 N–H and O–H groups in total. The Labute approximate surface area is 117 Å². The summed E-state index contributed by atoms with van der Waals surface area (Å²) in [7, 11) is -2.03. The second-order valence-electron chi connectivity index (χ2n) is 4.54. The molecule has 1 fully saturated rings. The van der Waals surface area contributed by atoms with Crippen molar-refractivity contribution in [3.05, 3.63) is 29.0 Å². The molecule has 0 radical (unpaired) electrons. The van der Waals surface area contributed by atoms with Gasteiger partial charge in [-0.2, -0.15) is 4.31 Å². The fourth-order valence-corrected chi connectivity index (χ4v) is 4.06. The van der Waals surface area contributed by atoms with Gasteiger partial charge in [-0.05, 0) is 32.0 Å². The summed E-state index contributed by atoms with van der Waals surface area (Å²) in [5.41, 5.74) is 0. The van der Waals surface area contributed by atoms with Gasteiger partial charge in [0.25, 0.3) is 0 Å². The summed E-state index contributed by atoms with van der Waals surface area (Å²) in [5.74, 6) is -0.879. The minimum Gasteiger partial charge on any atom is -0.316 e. The third-order valence-electron chi connectivity index (χ3n) is 3.33. The van der Waals surface area contributed by atoms with Crippen molar-refractivity contribution in [1.29, 1.82) is 0 Å². The molecule has 0 spiro atoms. The lowest BCUT2D eigenvalue weighted by Crippen LogP contribution is -2.47. The minimum absolute atomic E-state index is 0.103. The van der Waals surface area contributed by atoms with Gasteiger partial charge in [0.2, 0.25) is 10.0 Å². The van der Waals surface area contributed by atoms with E-state index in [0.717, 1.165) is 12.8 Å². The van der Waals surface area contributed by atoms with Crippen LogP contribution in [-0.4, -0.2) is 38.9 Å². The van der Waals surface area contributed by atoms with Crippen LogP contribution in [0.4, 0.5) is 4.39 Å². The fraction of sp³-hybridized carbons (Fsp3) is 0.500. The highest BCUT2D eigenvalue weighted by Crippen LogP contribution is 2.26. The molecule has 1 saturated heterocycles. The monoisotopic (exact) mass is 306 g/mol. The van der Waals surface area contributed by atoms with Crippen LogP contribution in [0, 0.1) is 5.82 Å². The molecule has 1 aromatic rings. The van der Waals surface area contributed by atoms with Crippen molar-refractivity contribution in [2.75, 3.05) is 20.1 Å². The summed E-state index contributed by atoms with van der Waals surface area (Å²) >= 11 is 5.64. The average molecular weight is 307 g/mol. The van der Waals surface area contributed by atoms with Crippen molar-refractivity contribution in [2.45, 2.75) is 23.8 Å². The standard InChI is InChI=1S/C12H16ClFN2O2S/c1-15-9-4-3-7-16(8-9)19(17,18)11-6-2-5-10(13)12(11)14/h2,5-6,9,15H,3-4,7-8H2,1H3/t9-/m0/s1. The molecule has 2 rings (SSSR count). The summed E-state index contributed by atoms with van der Waals surface area (Å²) in [5, 5.41) is 2.88. The fourth-order valence-electron chi connectivity index (χ4n) is 2.22. The van der Waals surface area contributed by atoms with Crippen LogP contribution in [0.1, 0.15) is 12.8 Å². The van der Waals surface area contributed by atoms with Crippen molar-refractivity contribution >= 4 is 21.6 Å². The van der Waals surface area contributed by atoms with Crippen molar-refractivity contribution in [3.63, 3.8) is 0 Å². The molecule has 4 nitrogen and oxygen atoms in total. The van der Waals surface area contributed by atoms with Crippen molar-refractivity contribution in [2.24, 2.45) is 0 Å². The topological polar surface area (TPSA) is 49.4 Å². The van der Waals surface area contributed by atoms with Gasteiger partial charge in [-0.3, -0.25) is 0 Å². The van der Waals surface area contributed by atoms with E-state index < -0.39 is 15.8 Å². The van der Waals surface area contributed by atoms with E-state index in [1.54, 1.807) is 7.05 Å². The number of halogens is 2. The van der Waals surface area contributed by atoms with Gasteiger partial charge in [0.05, 0.1) is 5.02 Å². The molecule has 0 saturated carbocycles. The summed E-state index contributed by atoms with van der Waals surface area (Å²) in [6.07, 6.45) is 1.67. The van der Waals surface area contributed by atoms with Crippen LogP contribution in [-0.2, 0) is 10.0 Å². The van der Waals surface area contributed by atoms with E-state index in [0.29, 0.717) is 13.1 Å². The van der Waals surface area contributed by atoms with Crippen LogP contribution in [0.15, 0.2) is 23.1 Å². The molecule has 0 aliphatic carbocycles. The van der Waals surface area contributed by atoms with Crippen molar-refractivity contribution in [3.8, 4) is 0 Å². The second kappa shape index (κ2) is 5.75. The Kier molecular flexibility index (Phi) is 4.45. The third-order valence-corrected chi connectivity index (χ3v) is 5.50. The molecule has 0 bridgehead atoms. The molecule has 7 heteroatoms. The van der Waals surface area contributed by atoms with Gasteiger partial charge < -0.3 is 5.32 Å². The van der Waals surface area contributed by atoms with Crippen LogP contribution < -0.4 is 5.32 Å². The number of likely N-dealkylation sites (N-methyl/N-ethyl adjacent to an activating group) is 1. The minimum atomic E-state index is -3.82. The zero-order chi connectivity index (χ0) is 14.0. The van der Waals surface area contributed by atoms with Gasteiger partial charge >= 0.3 is 0 Å². The van der Waals surface area contributed by atoms with E-state index in [4.69, 9.17) is 11.6 Å². The highest BCUT2D eigenvalue weighted by molar-refractivity contribution is 7.89. The number of rotatable bonds is 3. The first-order valence-electron chi connectivity index (χ1n) is 6.08. The van der Waals surface area contributed by atoms with Gasteiger partial charge in [0, 0.05) is 19.1 Å². The molecule has 1 heterocycles. The third kappa shape index (κ3) is 2.91. The highest BCUT2D eigenvalue weighted by atomic mass is 35.5. The summed E-state index contributed by atoms with van der Waals surface area (Å²) < 4.78 is 40.0. The first-order chi connectivity index (χ1) is 8.96. The molecule has 0 amide bonds. The van der Waals surface area contributed by atoms with Crippen LogP contribution in [0.2, 0.25) is 5.02 Å². The van der Waals surface area contributed by atoms with Crippen LogP contribution >= 0.6 is 11.6 Å². The molecule has 1 aromatic carbocycles. The Morgan fingerprint density at radius 3 is 2.89 bits per heavy atom. The first kappa shape index (κ1) is 14.7. The van der Waals surface area contributed by atoms with Crippen LogP contribution in [0.5, 0.6) is 0 Å². The molecule has 1 atom stereocenters. The van der Waals surface area contributed by atoms with E-state index in [-0.39, 0.29) is 16.0 Å². The predicted molar refractivity (Wildman–Crippen MR) is 72.3 cm³/mol. The molecule has 0 aromatic heterocycles. The van der Waals surface area contributed by atoms with Gasteiger partial charge in [-0.1, -0.05) is 17.7 Å². The Bertz CT molecular complexity index is 565. The Balaban J connectivity index is 2.34. The largest absolute Gasteiger partial charge is 0.316 e. The molecule has 1 aliphatic heterocycles. The summed E-state index contributed by atoms with van der Waals surface area (Å²) in [4.78, 5) is -0.350. The van der Waals surface area contributed by atoms with E-state index in [2.05, 4.69) is 5.32 Å². The lowest BCUT2D eigenvalue weighted by Gasteiger charge is -2.31. The quantitative estimate of drug-likeness (QED) is 0.927. The molecule has 106 valence electrons. The molecular formula is C12H16ClFN2O2S. The van der Waals surface area contributed by atoms with Crippen LogP contribution in [0.25, 0.3) is 0 Å². The normalized spacial score (nSPS) is 21.5. The Morgan fingerprint density at radius 1 is 1.47 bits per heavy atom. The van der Waals surface area contributed by atoms with Gasteiger partial charge in [0.15, 0.2) is 5.82 Å².